The van der Waals surface area contributed by atoms with Gasteiger partial charge in [0, 0.05) is 13.7 Å². The summed E-state index contributed by atoms with van der Waals surface area (Å²) in [6.45, 7) is 4.83. The molecule has 2 atom stereocenters. The van der Waals surface area contributed by atoms with Crippen LogP contribution in [-0.4, -0.2) is 50.6 Å². The number of hydrogen-bond donors (Lipinski definition) is 0. The largest absolute Gasteiger partial charge is 0.468 e. The molecule has 168 valence electrons. The van der Waals surface area contributed by atoms with E-state index in [1.54, 1.807) is 7.11 Å². The van der Waals surface area contributed by atoms with Crippen molar-refractivity contribution in [2.75, 3.05) is 27.6 Å². The summed E-state index contributed by atoms with van der Waals surface area (Å²) in [4.78, 5) is 15.5. The van der Waals surface area contributed by atoms with Crippen LogP contribution in [0.25, 0.3) is 11.1 Å². The number of hydrogen-bond acceptors (Lipinski definition) is 5. The molecule has 0 saturated carbocycles. The number of rotatable bonds is 6. The Kier molecular flexibility index (Phi) is 5.62. The molecule has 1 saturated heterocycles. The molecule has 3 aromatic carbocycles. The number of likely N-dealkylation sites (tertiary alicyclic amines) is 1. The number of fused-ring (bicyclic) bond motifs is 3. The molecule has 5 nitrogen and oxygen atoms in total. The van der Waals surface area contributed by atoms with Crippen LogP contribution < -0.4 is 0 Å². The van der Waals surface area contributed by atoms with Gasteiger partial charge in [0.2, 0.25) is 0 Å². The first-order chi connectivity index (χ1) is 16.1. The second-order valence-electron chi connectivity index (χ2n) is 8.42. The Morgan fingerprint density at radius 2 is 1.52 bits per heavy atom. The Hall–Kier alpha value is -3.25. The summed E-state index contributed by atoms with van der Waals surface area (Å²) in [5.74, 6) is -0.355. The normalized spacial score (nSPS) is 21.0. The van der Waals surface area contributed by atoms with Crippen molar-refractivity contribution in [2.24, 2.45) is 0 Å². The molecule has 5 rings (SSSR count). The van der Waals surface area contributed by atoms with E-state index < -0.39 is 17.7 Å². The van der Waals surface area contributed by atoms with Gasteiger partial charge in [0.1, 0.15) is 18.9 Å². The molecule has 0 radical (unpaired) electrons. The zero-order chi connectivity index (χ0) is 23.0. The van der Waals surface area contributed by atoms with Crippen LogP contribution in [0.5, 0.6) is 0 Å². The van der Waals surface area contributed by atoms with Crippen LogP contribution in [0.2, 0.25) is 0 Å². The third kappa shape index (κ3) is 3.16. The topological polar surface area (TPSA) is 48.0 Å². The number of carbonyl (C=O) groups excluding carboxylic acids is 1. The van der Waals surface area contributed by atoms with Gasteiger partial charge in [0.25, 0.3) is 0 Å². The summed E-state index contributed by atoms with van der Waals surface area (Å²) < 4.78 is 16.4. The molecule has 0 unspecified atom stereocenters. The predicted octanol–water partition coefficient (Wildman–Crippen LogP) is 4.36. The van der Waals surface area contributed by atoms with E-state index in [4.69, 9.17) is 14.2 Å². The van der Waals surface area contributed by atoms with Gasteiger partial charge in [-0.25, -0.2) is 0 Å². The van der Waals surface area contributed by atoms with Crippen molar-refractivity contribution in [1.82, 2.24) is 4.90 Å². The van der Waals surface area contributed by atoms with Gasteiger partial charge in [0.15, 0.2) is 0 Å². The molecule has 1 fully saturated rings. The summed E-state index contributed by atoms with van der Waals surface area (Å²) in [5.41, 5.74) is 5.77. The molecule has 1 aliphatic carbocycles. The smallest absolute Gasteiger partial charge is 0.326 e. The maximum Gasteiger partial charge on any atom is 0.326 e. The monoisotopic (exact) mass is 441 g/mol. The van der Waals surface area contributed by atoms with Crippen molar-refractivity contribution in [3.63, 3.8) is 0 Å². The highest BCUT2D eigenvalue weighted by atomic mass is 16.7. The van der Waals surface area contributed by atoms with Gasteiger partial charge in [-0.2, -0.15) is 0 Å². The third-order valence-corrected chi connectivity index (χ3v) is 6.75. The molecule has 1 heterocycles. The number of methoxy groups -OCH3 is 2. The molecule has 2 aliphatic rings. The molecule has 0 aromatic heterocycles. The average molecular weight is 442 g/mol. The molecule has 0 N–H and O–H groups in total. The van der Waals surface area contributed by atoms with E-state index in [1.807, 2.05) is 18.2 Å². The van der Waals surface area contributed by atoms with Crippen molar-refractivity contribution < 1.29 is 19.0 Å². The fraction of sp³-hybridized carbons (Fsp3) is 0.250. The maximum absolute atomic E-state index is 13.3. The van der Waals surface area contributed by atoms with E-state index in [0.717, 1.165) is 33.4 Å². The first-order valence-electron chi connectivity index (χ1n) is 11.0. The summed E-state index contributed by atoms with van der Waals surface area (Å²) in [6.07, 6.45) is -0.544. The van der Waals surface area contributed by atoms with E-state index >= 15 is 0 Å². The minimum absolute atomic E-state index is 0.0660. The summed E-state index contributed by atoms with van der Waals surface area (Å²) in [6, 6.07) is 26.5. The molecular formula is C28H27NO4. The van der Waals surface area contributed by atoms with Gasteiger partial charge < -0.3 is 14.2 Å². The summed E-state index contributed by atoms with van der Waals surface area (Å²) >= 11 is 0. The van der Waals surface area contributed by atoms with Crippen LogP contribution in [0.4, 0.5) is 0 Å². The quantitative estimate of drug-likeness (QED) is 0.323. The van der Waals surface area contributed by atoms with Gasteiger partial charge in [-0.15, -0.1) is 0 Å². The van der Waals surface area contributed by atoms with Crippen LogP contribution in [0.3, 0.4) is 0 Å². The Morgan fingerprint density at radius 3 is 2.09 bits per heavy atom. The molecule has 5 heteroatoms. The first kappa shape index (κ1) is 21.6. The molecule has 0 spiro atoms. The number of benzene rings is 3. The molecular weight excluding hydrogens is 414 g/mol. The summed E-state index contributed by atoms with van der Waals surface area (Å²) in [7, 11) is 2.98. The fourth-order valence-electron chi connectivity index (χ4n) is 5.52. The van der Waals surface area contributed by atoms with Crippen molar-refractivity contribution in [3.05, 3.63) is 108 Å². The van der Waals surface area contributed by atoms with Crippen molar-refractivity contribution in [1.29, 1.82) is 0 Å². The van der Waals surface area contributed by atoms with Gasteiger partial charge in [-0.05, 0) is 33.4 Å². The number of ether oxygens (including phenoxy) is 3. The van der Waals surface area contributed by atoms with E-state index in [0.29, 0.717) is 6.54 Å². The van der Waals surface area contributed by atoms with Gasteiger partial charge >= 0.3 is 5.97 Å². The third-order valence-electron chi connectivity index (χ3n) is 6.75. The van der Waals surface area contributed by atoms with E-state index in [1.165, 1.54) is 7.11 Å². The number of nitrogens with zero attached hydrogens (tertiary/aromatic N) is 1. The highest BCUT2D eigenvalue weighted by Gasteiger charge is 2.57. The highest BCUT2D eigenvalue weighted by Crippen LogP contribution is 2.56. The van der Waals surface area contributed by atoms with E-state index in [9.17, 15) is 4.79 Å². The lowest BCUT2D eigenvalue weighted by atomic mass is 9.78. The minimum atomic E-state index is -0.707. The average Bonchev–Trinajstić information content (AvgIpc) is 3.35. The molecule has 0 amide bonds. The zero-order valence-corrected chi connectivity index (χ0v) is 18.9. The Labute approximate surface area is 194 Å². The van der Waals surface area contributed by atoms with Gasteiger partial charge in [0.05, 0.1) is 12.6 Å². The highest BCUT2D eigenvalue weighted by molar-refractivity contribution is 5.85. The molecule has 1 aliphatic heterocycles. The van der Waals surface area contributed by atoms with Gasteiger partial charge in [-0.1, -0.05) is 85.4 Å². The Bertz CT molecular complexity index is 1140. The van der Waals surface area contributed by atoms with Crippen molar-refractivity contribution in [3.8, 4) is 11.1 Å². The second kappa shape index (κ2) is 8.60. The van der Waals surface area contributed by atoms with Crippen LogP contribution in [0, 0.1) is 0 Å². The first-order valence-corrected chi connectivity index (χ1v) is 11.0. The second-order valence-corrected chi connectivity index (χ2v) is 8.42. The standard InChI is InChI=1S/C28H27NO4/c1-19-17-29(25(27(30)32-3)26(19)33-18-31-2)28(20-11-5-4-6-12-20)23-15-9-7-13-21(23)22-14-8-10-16-24(22)28/h4-16,25-26H,1,17-18H2,2-3H3/t25-,26+/m0/s1. The molecule has 0 bridgehead atoms. The van der Waals surface area contributed by atoms with Crippen LogP contribution in [0.15, 0.2) is 91.0 Å². The van der Waals surface area contributed by atoms with Crippen molar-refractivity contribution in [2.45, 2.75) is 17.7 Å². The number of esters is 1. The van der Waals surface area contributed by atoms with Crippen LogP contribution in [0.1, 0.15) is 16.7 Å². The number of carbonyl (C=O) groups is 1. The molecule has 33 heavy (non-hydrogen) atoms. The summed E-state index contributed by atoms with van der Waals surface area (Å²) in [5, 5.41) is 0. The Balaban J connectivity index is 1.81. The lowest BCUT2D eigenvalue weighted by Crippen LogP contribution is -2.54. The van der Waals surface area contributed by atoms with Gasteiger partial charge in [-0.3, -0.25) is 9.69 Å². The van der Waals surface area contributed by atoms with Crippen molar-refractivity contribution >= 4 is 5.97 Å². The van der Waals surface area contributed by atoms with Crippen LogP contribution >= 0.6 is 0 Å². The lowest BCUT2D eigenvalue weighted by Gasteiger charge is -2.44. The minimum Gasteiger partial charge on any atom is -0.468 e. The van der Waals surface area contributed by atoms with E-state index in [-0.39, 0.29) is 12.8 Å². The van der Waals surface area contributed by atoms with E-state index in [2.05, 4.69) is 72.1 Å². The lowest BCUT2D eigenvalue weighted by molar-refractivity contribution is -0.155. The SMILES string of the molecule is C=C1CN(C2(c3ccccc3)c3ccccc3-c3ccccc32)[C@H](C(=O)OC)[C@@H]1OCOC. The maximum atomic E-state index is 13.3. The van der Waals surface area contributed by atoms with Crippen LogP contribution in [-0.2, 0) is 24.5 Å². The fourth-order valence-corrected chi connectivity index (χ4v) is 5.52. The molecule has 3 aromatic rings. The zero-order valence-electron chi connectivity index (χ0n) is 18.9. The Morgan fingerprint density at radius 1 is 0.939 bits per heavy atom. The predicted molar refractivity (Wildman–Crippen MR) is 127 cm³/mol.